The first-order chi connectivity index (χ1) is 10.8. The first-order valence-electron chi connectivity index (χ1n) is 7.95. The Hall–Kier alpha value is -1.36. The summed E-state index contributed by atoms with van der Waals surface area (Å²) >= 11 is 6.03. The number of hydrogen-bond acceptors (Lipinski definition) is 4. The number of fused-ring (bicyclic) bond motifs is 2. The second kappa shape index (κ2) is 6.03. The second-order valence-electron chi connectivity index (χ2n) is 6.29. The molecule has 2 aliphatic heterocycles. The molecule has 2 unspecified atom stereocenters. The summed E-state index contributed by atoms with van der Waals surface area (Å²) in [6.45, 7) is 2.99. The summed E-state index contributed by atoms with van der Waals surface area (Å²) < 4.78 is 5.92. The maximum Gasteiger partial charge on any atom is 0.209 e. The molecule has 4 nitrogen and oxygen atoms in total. The van der Waals surface area contributed by atoms with E-state index in [1.165, 1.54) is 19.3 Å². The molecule has 0 aliphatic carbocycles. The average Bonchev–Trinajstić information content (AvgIpc) is 3.08. The van der Waals surface area contributed by atoms with E-state index >= 15 is 0 Å². The third-order valence-corrected chi connectivity index (χ3v) is 4.86. The summed E-state index contributed by atoms with van der Waals surface area (Å²) in [6.07, 6.45) is 5.64. The number of hydrogen-bond donors (Lipinski definition) is 1. The highest BCUT2D eigenvalue weighted by Crippen LogP contribution is 2.25. The minimum Gasteiger partial charge on any atom is -0.439 e. The minimum absolute atomic E-state index is 0.634. The molecular weight excluding hydrogens is 298 g/mol. The predicted octanol–water partition coefficient (Wildman–Crippen LogP) is 3.32. The van der Waals surface area contributed by atoms with E-state index in [1.807, 2.05) is 24.3 Å². The van der Waals surface area contributed by atoms with Gasteiger partial charge in [0.25, 0.3) is 0 Å². The number of oxazole rings is 1. The van der Waals surface area contributed by atoms with Gasteiger partial charge in [0.1, 0.15) is 0 Å². The fourth-order valence-electron chi connectivity index (χ4n) is 3.51. The lowest BCUT2D eigenvalue weighted by Gasteiger charge is -2.22. The van der Waals surface area contributed by atoms with Crippen molar-refractivity contribution in [3.05, 3.63) is 41.4 Å². The summed E-state index contributed by atoms with van der Waals surface area (Å²) in [5, 5.41) is 4.41. The van der Waals surface area contributed by atoms with Crippen molar-refractivity contribution in [2.24, 2.45) is 0 Å². The average molecular weight is 318 g/mol. The van der Waals surface area contributed by atoms with Crippen LogP contribution < -0.4 is 5.32 Å². The number of rotatable bonds is 3. The van der Waals surface area contributed by atoms with Gasteiger partial charge in [0, 0.05) is 35.8 Å². The molecule has 5 heteroatoms. The topological polar surface area (TPSA) is 41.3 Å². The molecule has 1 N–H and O–H groups in total. The Bertz CT molecular complexity index is 657. The standard InChI is InChI=1S/C17H20ClN3O/c18-13-3-1-2-12(8-13)16-9-19-17(22-16)11-21-7-6-14-4-5-15(10-21)20-14/h1-3,8-9,14-15,20H,4-7,10-11H2. The molecule has 4 rings (SSSR count). The highest BCUT2D eigenvalue weighted by atomic mass is 35.5. The van der Waals surface area contributed by atoms with Gasteiger partial charge in [-0.05, 0) is 31.4 Å². The van der Waals surface area contributed by atoms with E-state index in [-0.39, 0.29) is 0 Å². The van der Waals surface area contributed by atoms with Crippen molar-refractivity contribution >= 4 is 11.6 Å². The first kappa shape index (κ1) is 14.2. The van der Waals surface area contributed by atoms with E-state index in [9.17, 15) is 0 Å². The van der Waals surface area contributed by atoms with Crippen LogP contribution >= 0.6 is 11.6 Å². The lowest BCUT2D eigenvalue weighted by atomic mass is 10.1. The zero-order valence-electron chi connectivity index (χ0n) is 12.5. The van der Waals surface area contributed by atoms with Gasteiger partial charge in [0.2, 0.25) is 5.89 Å². The molecule has 2 atom stereocenters. The number of nitrogens with one attached hydrogen (secondary N) is 1. The zero-order valence-corrected chi connectivity index (χ0v) is 13.2. The minimum atomic E-state index is 0.634. The van der Waals surface area contributed by atoms with Gasteiger partial charge < -0.3 is 9.73 Å². The number of benzene rings is 1. The van der Waals surface area contributed by atoms with E-state index in [1.54, 1.807) is 6.20 Å². The highest BCUT2D eigenvalue weighted by Gasteiger charge is 2.29. The number of likely N-dealkylation sites (tertiary alicyclic amines) is 1. The van der Waals surface area contributed by atoms with Gasteiger partial charge in [-0.1, -0.05) is 23.7 Å². The van der Waals surface area contributed by atoms with E-state index in [0.29, 0.717) is 17.1 Å². The molecule has 2 saturated heterocycles. The Morgan fingerprint density at radius 1 is 1.27 bits per heavy atom. The maximum atomic E-state index is 6.03. The summed E-state index contributed by atoms with van der Waals surface area (Å²) in [5.74, 6) is 1.57. The van der Waals surface area contributed by atoms with Gasteiger partial charge >= 0.3 is 0 Å². The van der Waals surface area contributed by atoms with Crippen LogP contribution in [0.15, 0.2) is 34.9 Å². The van der Waals surface area contributed by atoms with Crippen molar-refractivity contribution in [1.82, 2.24) is 15.2 Å². The molecule has 1 aromatic heterocycles. The van der Waals surface area contributed by atoms with E-state index in [2.05, 4.69) is 15.2 Å². The van der Waals surface area contributed by atoms with Gasteiger partial charge in [-0.3, -0.25) is 4.90 Å². The van der Waals surface area contributed by atoms with Crippen LogP contribution in [0.2, 0.25) is 5.02 Å². The van der Waals surface area contributed by atoms with Gasteiger partial charge in [0.05, 0.1) is 12.7 Å². The van der Waals surface area contributed by atoms with Crippen molar-refractivity contribution < 1.29 is 4.42 Å². The Labute approximate surface area is 135 Å². The van der Waals surface area contributed by atoms with Gasteiger partial charge in [0.15, 0.2) is 5.76 Å². The third-order valence-electron chi connectivity index (χ3n) is 4.63. The molecule has 2 aromatic rings. The number of halogens is 1. The van der Waals surface area contributed by atoms with Crippen molar-refractivity contribution in [3.8, 4) is 11.3 Å². The van der Waals surface area contributed by atoms with E-state index in [0.717, 1.165) is 36.8 Å². The Morgan fingerprint density at radius 2 is 2.18 bits per heavy atom. The Kier molecular flexibility index (Phi) is 3.90. The molecule has 0 radical (unpaired) electrons. The van der Waals surface area contributed by atoms with Gasteiger partial charge in [-0.15, -0.1) is 0 Å². The van der Waals surface area contributed by atoms with Gasteiger partial charge in [-0.2, -0.15) is 0 Å². The zero-order chi connectivity index (χ0) is 14.9. The van der Waals surface area contributed by atoms with Crippen molar-refractivity contribution in [2.75, 3.05) is 13.1 Å². The van der Waals surface area contributed by atoms with Crippen molar-refractivity contribution in [1.29, 1.82) is 0 Å². The largest absolute Gasteiger partial charge is 0.439 e. The Balaban J connectivity index is 1.45. The molecule has 2 bridgehead atoms. The van der Waals surface area contributed by atoms with Crippen LogP contribution in [-0.4, -0.2) is 35.1 Å². The second-order valence-corrected chi connectivity index (χ2v) is 6.73. The van der Waals surface area contributed by atoms with Crippen LogP contribution in [0.5, 0.6) is 0 Å². The Morgan fingerprint density at radius 3 is 3.09 bits per heavy atom. The molecule has 22 heavy (non-hydrogen) atoms. The van der Waals surface area contributed by atoms with Crippen LogP contribution in [0.1, 0.15) is 25.2 Å². The van der Waals surface area contributed by atoms with E-state index in [4.69, 9.17) is 16.0 Å². The summed E-state index contributed by atoms with van der Waals surface area (Å²) in [4.78, 5) is 6.89. The molecule has 0 spiro atoms. The lowest BCUT2D eigenvalue weighted by Crippen LogP contribution is -2.35. The summed E-state index contributed by atoms with van der Waals surface area (Å²) in [5.41, 5.74) is 0.975. The fraction of sp³-hybridized carbons (Fsp3) is 0.471. The molecule has 2 aliphatic rings. The van der Waals surface area contributed by atoms with Gasteiger partial charge in [-0.25, -0.2) is 4.98 Å². The SMILES string of the molecule is Clc1cccc(-c2cnc(CN3CCC4CCC(C3)N4)o2)c1. The predicted molar refractivity (Wildman–Crippen MR) is 86.8 cm³/mol. The summed E-state index contributed by atoms with van der Waals surface area (Å²) in [6, 6.07) is 9.03. The van der Waals surface area contributed by atoms with Crippen LogP contribution in [-0.2, 0) is 6.54 Å². The van der Waals surface area contributed by atoms with Crippen LogP contribution in [0.4, 0.5) is 0 Å². The molecule has 116 valence electrons. The van der Waals surface area contributed by atoms with Crippen LogP contribution in [0.25, 0.3) is 11.3 Å². The lowest BCUT2D eigenvalue weighted by molar-refractivity contribution is 0.228. The monoisotopic (exact) mass is 317 g/mol. The molecule has 1 aromatic carbocycles. The third kappa shape index (κ3) is 3.05. The molecule has 0 saturated carbocycles. The first-order valence-corrected chi connectivity index (χ1v) is 8.33. The normalized spacial score (nSPS) is 25.3. The smallest absolute Gasteiger partial charge is 0.209 e. The number of nitrogens with zero attached hydrogens (tertiary/aromatic N) is 2. The maximum absolute atomic E-state index is 6.03. The van der Waals surface area contributed by atoms with Crippen LogP contribution in [0, 0.1) is 0 Å². The highest BCUT2D eigenvalue weighted by molar-refractivity contribution is 6.30. The molecule has 2 fully saturated rings. The molecule has 0 amide bonds. The fourth-order valence-corrected chi connectivity index (χ4v) is 3.70. The molecular formula is C17H20ClN3O. The molecule has 3 heterocycles. The van der Waals surface area contributed by atoms with Crippen LogP contribution in [0.3, 0.4) is 0 Å². The van der Waals surface area contributed by atoms with E-state index < -0.39 is 0 Å². The van der Waals surface area contributed by atoms with Crippen molar-refractivity contribution in [3.63, 3.8) is 0 Å². The van der Waals surface area contributed by atoms with Crippen molar-refractivity contribution in [2.45, 2.75) is 37.9 Å². The quantitative estimate of drug-likeness (QED) is 0.943. The summed E-state index contributed by atoms with van der Waals surface area (Å²) in [7, 11) is 0. The number of aromatic nitrogens is 1.